The van der Waals surface area contributed by atoms with Crippen molar-refractivity contribution >= 4 is 50.3 Å². The number of rotatable bonds is 5. The quantitative estimate of drug-likeness (QED) is 0.571. The van der Waals surface area contributed by atoms with Crippen LogP contribution >= 0.6 is 34.3 Å². The number of fused-ring (bicyclic) bond motifs is 1. The van der Waals surface area contributed by atoms with Gasteiger partial charge in [0.2, 0.25) is 0 Å². The van der Waals surface area contributed by atoms with E-state index in [0.29, 0.717) is 14.6 Å². The van der Waals surface area contributed by atoms with E-state index >= 15 is 0 Å². The third kappa shape index (κ3) is 3.76. The van der Waals surface area contributed by atoms with Crippen molar-refractivity contribution in [2.24, 2.45) is 0 Å². The summed E-state index contributed by atoms with van der Waals surface area (Å²) in [7, 11) is 0. The van der Waals surface area contributed by atoms with Crippen molar-refractivity contribution in [3.8, 4) is 0 Å². The van der Waals surface area contributed by atoms with Gasteiger partial charge in [-0.1, -0.05) is 17.7 Å². The second-order valence-electron chi connectivity index (χ2n) is 6.85. The third-order valence-electron chi connectivity index (χ3n) is 5.00. The molecule has 0 aliphatic carbocycles. The van der Waals surface area contributed by atoms with Gasteiger partial charge in [-0.2, -0.15) is 0 Å². The first kappa shape index (κ1) is 18.9. The SMILES string of the molecule is C[C@H](NC(=O)c1sc2cc(F)ccc2c1Cl)[C@H](c1cccs1)N1CCCC1. The predicted octanol–water partition coefficient (Wildman–Crippen LogP) is 5.71. The van der Waals surface area contributed by atoms with Gasteiger partial charge in [-0.25, -0.2) is 4.39 Å². The molecule has 4 rings (SSSR count). The van der Waals surface area contributed by atoms with E-state index in [4.69, 9.17) is 11.6 Å². The largest absolute Gasteiger partial charge is 0.347 e. The predicted molar refractivity (Wildman–Crippen MR) is 112 cm³/mol. The summed E-state index contributed by atoms with van der Waals surface area (Å²) >= 11 is 9.37. The summed E-state index contributed by atoms with van der Waals surface area (Å²) in [5.74, 6) is -0.526. The second kappa shape index (κ2) is 7.87. The monoisotopic (exact) mass is 422 g/mol. The van der Waals surface area contributed by atoms with Gasteiger partial charge in [-0.05, 0) is 62.5 Å². The molecule has 2 aromatic heterocycles. The standard InChI is InChI=1S/C20H20ClFN2OS2/c1-12(18(15-5-4-10-26-15)24-8-2-3-9-24)23-20(25)19-17(21)14-7-6-13(22)11-16(14)27-19/h4-7,10-12,18H,2-3,8-9H2,1H3,(H,23,25)/t12-,18+/m0/s1. The van der Waals surface area contributed by atoms with Crippen molar-refractivity contribution in [1.82, 2.24) is 10.2 Å². The number of nitrogens with one attached hydrogen (secondary N) is 1. The summed E-state index contributed by atoms with van der Waals surface area (Å²) in [6.45, 7) is 4.14. The number of amides is 1. The smallest absolute Gasteiger partial charge is 0.263 e. The Balaban J connectivity index is 1.58. The van der Waals surface area contributed by atoms with Crippen molar-refractivity contribution < 1.29 is 9.18 Å². The van der Waals surface area contributed by atoms with Crippen LogP contribution in [0.1, 0.15) is 40.4 Å². The van der Waals surface area contributed by atoms with Gasteiger partial charge in [0.1, 0.15) is 10.7 Å². The molecule has 27 heavy (non-hydrogen) atoms. The Labute approximate surface area is 170 Å². The molecule has 1 N–H and O–H groups in total. The van der Waals surface area contributed by atoms with E-state index < -0.39 is 0 Å². The maximum atomic E-state index is 13.5. The maximum absolute atomic E-state index is 13.5. The van der Waals surface area contributed by atoms with Crippen molar-refractivity contribution in [2.45, 2.75) is 31.8 Å². The topological polar surface area (TPSA) is 32.3 Å². The minimum Gasteiger partial charge on any atom is -0.347 e. The van der Waals surface area contributed by atoms with Crippen LogP contribution in [0.2, 0.25) is 5.02 Å². The molecule has 1 amide bonds. The van der Waals surface area contributed by atoms with Gasteiger partial charge >= 0.3 is 0 Å². The van der Waals surface area contributed by atoms with Crippen LogP contribution in [-0.4, -0.2) is 29.9 Å². The van der Waals surface area contributed by atoms with Gasteiger partial charge < -0.3 is 5.32 Å². The number of carbonyl (C=O) groups excluding carboxylic acids is 1. The molecular formula is C20H20ClFN2OS2. The summed E-state index contributed by atoms with van der Waals surface area (Å²) in [5.41, 5.74) is 0. The van der Waals surface area contributed by atoms with Crippen LogP contribution in [0, 0.1) is 5.82 Å². The zero-order valence-corrected chi connectivity index (χ0v) is 17.3. The molecule has 0 bridgehead atoms. The fourth-order valence-electron chi connectivity index (χ4n) is 3.76. The Kier molecular flexibility index (Phi) is 5.50. The molecule has 1 aliphatic heterocycles. The van der Waals surface area contributed by atoms with Crippen LogP contribution in [0.4, 0.5) is 4.39 Å². The summed E-state index contributed by atoms with van der Waals surface area (Å²) in [4.78, 5) is 17.1. The molecule has 142 valence electrons. The number of benzene rings is 1. The van der Waals surface area contributed by atoms with Crippen molar-refractivity contribution in [1.29, 1.82) is 0 Å². The number of nitrogens with zero attached hydrogens (tertiary/aromatic N) is 1. The van der Waals surface area contributed by atoms with E-state index in [1.807, 2.05) is 6.92 Å². The molecule has 1 saturated heterocycles. The molecular weight excluding hydrogens is 403 g/mol. The Morgan fingerprint density at radius 1 is 1.30 bits per heavy atom. The summed E-state index contributed by atoms with van der Waals surface area (Å²) in [5, 5.41) is 6.32. The molecule has 3 aromatic rings. The van der Waals surface area contributed by atoms with E-state index in [0.717, 1.165) is 18.5 Å². The lowest BCUT2D eigenvalue weighted by molar-refractivity contribution is 0.0912. The van der Waals surface area contributed by atoms with Crippen LogP contribution in [0.5, 0.6) is 0 Å². The molecule has 0 radical (unpaired) electrons. The summed E-state index contributed by atoms with van der Waals surface area (Å²) in [6, 6.07) is 8.69. The van der Waals surface area contributed by atoms with E-state index in [2.05, 4.69) is 27.7 Å². The van der Waals surface area contributed by atoms with Crippen molar-refractivity contribution in [2.75, 3.05) is 13.1 Å². The molecule has 1 aliphatic rings. The average molecular weight is 423 g/mol. The van der Waals surface area contributed by atoms with Gasteiger partial charge in [0.15, 0.2) is 0 Å². The van der Waals surface area contributed by atoms with E-state index in [9.17, 15) is 9.18 Å². The summed E-state index contributed by atoms with van der Waals surface area (Å²) < 4.78 is 14.2. The molecule has 7 heteroatoms. The van der Waals surface area contributed by atoms with E-state index in [1.54, 1.807) is 17.4 Å². The highest BCUT2D eigenvalue weighted by atomic mass is 35.5. The number of likely N-dealkylation sites (tertiary alicyclic amines) is 1. The minimum atomic E-state index is -0.326. The number of hydrogen-bond donors (Lipinski definition) is 1. The lowest BCUT2D eigenvalue weighted by atomic mass is 10.1. The fourth-order valence-corrected chi connectivity index (χ4v) is 6.17. The fraction of sp³-hybridized carbons (Fsp3) is 0.350. The Bertz CT molecular complexity index is 950. The normalized spacial score (nSPS) is 17.3. The van der Waals surface area contributed by atoms with Crippen molar-refractivity contribution in [3.63, 3.8) is 0 Å². The molecule has 0 unspecified atom stereocenters. The van der Waals surface area contributed by atoms with Gasteiger partial charge in [-0.15, -0.1) is 22.7 Å². The number of carbonyl (C=O) groups is 1. The highest BCUT2D eigenvalue weighted by molar-refractivity contribution is 7.21. The highest BCUT2D eigenvalue weighted by Crippen LogP contribution is 2.36. The lowest BCUT2D eigenvalue weighted by Crippen LogP contribution is -2.43. The highest BCUT2D eigenvalue weighted by Gasteiger charge is 2.31. The zero-order chi connectivity index (χ0) is 19.0. The Morgan fingerprint density at radius 3 is 2.78 bits per heavy atom. The lowest BCUT2D eigenvalue weighted by Gasteiger charge is -2.32. The maximum Gasteiger partial charge on any atom is 0.263 e. The molecule has 1 aromatic carbocycles. The molecule has 0 saturated carbocycles. The molecule has 3 nitrogen and oxygen atoms in total. The van der Waals surface area contributed by atoms with Crippen LogP contribution in [-0.2, 0) is 0 Å². The number of halogens is 2. The number of hydrogen-bond acceptors (Lipinski definition) is 4. The van der Waals surface area contributed by atoms with E-state index in [1.165, 1.54) is 41.2 Å². The first-order valence-corrected chi connectivity index (χ1v) is 11.1. The van der Waals surface area contributed by atoms with Gasteiger partial charge in [-0.3, -0.25) is 9.69 Å². The average Bonchev–Trinajstić information content (AvgIpc) is 3.37. The second-order valence-corrected chi connectivity index (χ2v) is 9.26. The molecule has 2 atom stereocenters. The van der Waals surface area contributed by atoms with Crippen molar-refractivity contribution in [3.05, 3.63) is 56.3 Å². The third-order valence-corrected chi connectivity index (χ3v) is 7.60. The van der Waals surface area contributed by atoms with Crippen LogP contribution in [0.25, 0.3) is 10.1 Å². The number of thiophene rings is 2. The Hall–Kier alpha value is -1.47. The van der Waals surface area contributed by atoms with Crippen LogP contribution in [0.15, 0.2) is 35.7 Å². The first-order valence-electron chi connectivity index (χ1n) is 9.00. The van der Waals surface area contributed by atoms with Crippen LogP contribution < -0.4 is 5.32 Å². The van der Waals surface area contributed by atoms with E-state index in [-0.39, 0.29) is 23.8 Å². The zero-order valence-electron chi connectivity index (χ0n) is 14.9. The molecule has 0 spiro atoms. The molecule has 1 fully saturated rings. The van der Waals surface area contributed by atoms with Gasteiger partial charge in [0.05, 0.1) is 11.1 Å². The minimum absolute atomic E-state index is 0.0627. The van der Waals surface area contributed by atoms with Gasteiger partial charge in [0, 0.05) is 21.0 Å². The summed E-state index contributed by atoms with van der Waals surface area (Å²) in [6.07, 6.45) is 2.38. The first-order chi connectivity index (χ1) is 13.0. The van der Waals surface area contributed by atoms with Gasteiger partial charge in [0.25, 0.3) is 5.91 Å². The molecule has 3 heterocycles. The van der Waals surface area contributed by atoms with Crippen LogP contribution in [0.3, 0.4) is 0 Å². The Morgan fingerprint density at radius 2 is 2.07 bits per heavy atom.